The first kappa shape index (κ1) is 20.3. The molecule has 1 heterocycles. The topological polar surface area (TPSA) is 77.1 Å². The van der Waals surface area contributed by atoms with E-state index < -0.39 is 0 Å². The summed E-state index contributed by atoms with van der Waals surface area (Å²) < 4.78 is 16.1. The Balaban J connectivity index is 2.12. The molecule has 0 fully saturated rings. The van der Waals surface area contributed by atoms with Crippen LogP contribution in [0, 0.1) is 6.92 Å². The molecular formula is C22H24N2O5. The molecule has 0 saturated heterocycles. The molecule has 7 heteroatoms. The van der Waals surface area contributed by atoms with Crippen LogP contribution in [0.5, 0.6) is 17.2 Å². The van der Waals surface area contributed by atoms with E-state index in [1.807, 2.05) is 31.2 Å². The molecule has 2 aromatic rings. The minimum atomic E-state index is -0.373. The normalized spacial score (nSPS) is 13.8. The van der Waals surface area contributed by atoms with Gasteiger partial charge in [-0.1, -0.05) is 29.8 Å². The lowest BCUT2D eigenvalue weighted by atomic mass is 10.0. The number of aryl methyl sites for hydroxylation is 1. The Morgan fingerprint density at radius 1 is 0.897 bits per heavy atom. The molecule has 0 aliphatic carbocycles. The number of benzene rings is 2. The van der Waals surface area contributed by atoms with Crippen LogP contribution in [0.1, 0.15) is 18.1 Å². The molecule has 0 aromatic heterocycles. The van der Waals surface area contributed by atoms with Crippen molar-refractivity contribution in [3.05, 3.63) is 53.2 Å². The molecule has 0 unspecified atom stereocenters. The van der Waals surface area contributed by atoms with Gasteiger partial charge in [0.25, 0.3) is 11.8 Å². The van der Waals surface area contributed by atoms with Crippen LogP contribution < -0.4 is 19.5 Å². The SMILES string of the molecule is CCN1C(=O)C(Nc2cc(OC)c(OC)c(OC)c2)=C(c2ccc(C)cc2)C1=O. The summed E-state index contributed by atoms with van der Waals surface area (Å²) in [5.74, 6) is 0.627. The lowest BCUT2D eigenvalue weighted by Gasteiger charge is -2.16. The highest BCUT2D eigenvalue weighted by molar-refractivity contribution is 6.36. The van der Waals surface area contributed by atoms with Gasteiger partial charge in [-0.2, -0.15) is 0 Å². The number of rotatable bonds is 7. The zero-order valence-electron chi connectivity index (χ0n) is 17.2. The zero-order valence-corrected chi connectivity index (χ0v) is 17.2. The van der Waals surface area contributed by atoms with E-state index in [1.165, 1.54) is 26.2 Å². The summed E-state index contributed by atoms with van der Waals surface area (Å²) in [6.07, 6.45) is 0. The molecule has 0 bridgehead atoms. The molecule has 0 spiro atoms. The minimum absolute atomic E-state index is 0.218. The Morgan fingerprint density at radius 3 is 1.97 bits per heavy atom. The standard InChI is InChI=1S/C22H24N2O5/c1-6-24-21(25)18(14-9-7-13(2)8-10-14)19(22(24)26)23-15-11-16(27-3)20(29-5)17(12-15)28-4/h7-12,23H,6H2,1-5H3. The van der Waals surface area contributed by atoms with E-state index in [1.54, 1.807) is 19.1 Å². The first-order chi connectivity index (χ1) is 13.9. The van der Waals surface area contributed by atoms with Crippen molar-refractivity contribution in [3.8, 4) is 17.2 Å². The van der Waals surface area contributed by atoms with Gasteiger partial charge in [-0.05, 0) is 19.4 Å². The third-order valence-electron chi connectivity index (χ3n) is 4.76. The van der Waals surface area contributed by atoms with Crippen LogP contribution in [0.25, 0.3) is 5.57 Å². The molecule has 1 aliphatic heterocycles. The molecule has 1 N–H and O–H groups in total. The number of carbonyl (C=O) groups is 2. The van der Waals surface area contributed by atoms with Gasteiger partial charge in [0.2, 0.25) is 5.75 Å². The van der Waals surface area contributed by atoms with Gasteiger partial charge in [-0.3, -0.25) is 14.5 Å². The van der Waals surface area contributed by atoms with Crippen molar-refractivity contribution in [3.63, 3.8) is 0 Å². The maximum absolute atomic E-state index is 12.9. The molecule has 0 saturated carbocycles. The maximum Gasteiger partial charge on any atom is 0.278 e. The van der Waals surface area contributed by atoms with Gasteiger partial charge >= 0.3 is 0 Å². The second-order valence-corrected chi connectivity index (χ2v) is 6.51. The van der Waals surface area contributed by atoms with Crippen LogP contribution >= 0.6 is 0 Å². The average Bonchev–Trinajstić information content (AvgIpc) is 2.96. The van der Waals surface area contributed by atoms with Crippen molar-refractivity contribution in [2.75, 3.05) is 33.2 Å². The third kappa shape index (κ3) is 3.63. The number of anilines is 1. The molecule has 7 nitrogen and oxygen atoms in total. The molecular weight excluding hydrogens is 372 g/mol. The van der Waals surface area contributed by atoms with Crippen LogP contribution in [0.2, 0.25) is 0 Å². The quantitative estimate of drug-likeness (QED) is 0.724. The van der Waals surface area contributed by atoms with Gasteiger partial charge < -0.3 is 19.5 Å². The number of likely N-dealkylation sites (N-methyl/N-ethyl adjacent to an activating group) is 1. The van der Waals surface area contributed by atoms with Gasteiger partial charge in [0.05, 0.1) is 26.9 Å². The fourth-order valence-corrected chi connectivity index (χ4v) is 3.26. The van der Waals surface area contributed by atoms with Crippen molar-refractivity contribution in [2.45, 2.75) is 13.8 Å². The molecule has 152 valence electrons. The highest BCUT2D eigenvalue weighted by Crippen LogP contribution is 2.41. The fourth-order valence-electron chi connectivity index (χ4n) is 3.26. The number of ether oxygens (including phenoxy) is 3. The molecule has 3 rings (SSSR count). The van der Waals surface area contributed by atoms with Crippen molar-refractivity contribution in [2.24, 2.45) is 0 Å². The number of amides is 2. The van der Waals surface area contributed by atoms with Crippen LogP contribution in [-0.2, 0) is 9.59 Å². The van der Waals surface area contributed by atoms with Gasteiger partial charge in [-0.15, -0.1) is 0 Å². The number of nitrogens with one attached hydrogen (secondary N) is 1. The van der Waals surface area contributed by atoms with E-state index in [0.717, 1.165) is 5.56 Å². The summed E-state index contributed by atoms with van der Waals surface area (Å²) >= 11 is 0. The minimum Gasteiger partial charge on any atom is -0.493 e. The Morgan fingerprint density at radius 2 is 1.48 bits per heavy atom. The number of methoxy groups -OCH3 is 3. The van der Waals surface area contributed by atoms with Crippen LogP contribution in [0.4, 0.5) is 5.69 Å². The van der Waals surface area contributed by atoms with Gasteiger partial charge in [-0.25, -0.2) is 0 Å². The predicted molar refractivity (Wildman–Crippen MR) is 110 cm³/mol. The van der Waals surface area contributed by atoms with E-state index >= 15 is 0 Å². The van der Waals surface area contributed by atoms with Crippen LogP contribution in [0.15, 0.2) is 42.1 Å². The largest absolute Gasteiger partial charge is 0.493 e. The van der Waals surface area contributed by atoms with Crippen molar-refractivity contribution in [1.82, 2.24) is 4.90 Å². The van der Waals surface area contributed by atoms with Gasteiger partial charge in [0.1, 0.15) is 5.70 Å². The van der Waals surface area contributed by atoms with E-state index in [0.29, 0.717) is 34.1 Å². The molecule has 2 amide bonds. The van der Waals surface area contributed by atoms with Gasteiger partial charge in [0.15, 0.2) is 11.5 Å². The zero-order chi connectivity index (χ0) is 21.1. The number of carbonyl (C=O) groups excluding carboxylic acids is 2. The second-order valence-electron chi connectivity index (χ2n) is 6.51. The summed E-state index contributed by atoms with van der Waals surface area (Å²) in [5.41, 5.74) is 2.84. The Bertz CT molecular complexity index is 954. The Labute approximate surface area is 169 Å². The highest BCUT2D eigenvalue weighted by atomic mass is 16.5. The summed E-state index contributed by atoms with van der Waals surface area (Å²) in [5, 5.41) is 3.10. The van der Waals surface area contributed by atoms with E-state index in [2.05, 4.69) is 5.32 Å². The van der Waals surface area contributed by atoms with Crippen LogP contribution in [0.3, 0.4) is 0 Å². The van der Waals surface area contributed by atoms with Crippen LogP contribution in [-0.4, -0.2) is 44.6 Å². The van der Waals surface area contributed by atoms with Crippen molar-refractivity contribution < 1.29 is 23.8 Å². The summed E-state index contributed by atoms with van der Waals surface area (Å²) in [6, 6.07) is 10.9. The van der Waals surface area contributed by atoms with E-state index in [-0.39, 0.29) is 24.1 Å². The Kier molecular flexibility index (Phi) is 5.77. The number of imide groups is 1. The lowest BCUT2D eigenvalue weighted by Crippen LogP contribution is -2.32. The monoisotopic (exact) mass is 396 g/mol. The third-order valence-corrected chi connectivity index (χ3v) is 4.76. The highest BCUT2D eigenvalue weighted by Gasteiger charge is 2.38. The Hall–Kier alpha value is -3.48. The maximum atomic E-state index is 12.9. The van der Waals surface area contributed by atoms with E-state index in [9.17, 15) is 9.59 Å². The fraction of sp³-hybridized carbons (Fsp3) is 0.273. The van der Waals surface area contributed by atoms with E-state index in [4.69, 9.17) is 14.2 Å². The number of hydrogen-bond acceptors (Lipinski definition) is 6. The smallest absolute Gasteiger partial charge is 0.278 e. The van der Waals surface area contributed by atoms with Crippen molar-refractivity contribution >= 4 is 23.1 Å². The lowest BCUT2D eigenvalue weighted by molar-refractivity contribution is -0.136. The molecule has 2 aromatic carbocycles. The summed E-state index contributed by atoms with van der Waals surface area (Å²) in [4.78, 5) is 27.1. The molecule has 0 radical (unpaired) electrons. The molecule has 0 atom stereocenters. The molecule has 1 aliphatic rings. The first-order valence-electron chi connectivity index (χ1n) is 9.19. The van der Waals surface area contributed by atoms with Gasteiger partial charge in [0, 0.05) is 24.4 Å². The second kappa shape index (κ2) is 8.26. The average molecular weight is 396 g/mol. The summed E-state index contributed by atoms with van der Waals surface area (Å²) in [7, 11) is 4.55. The summed E-state index contributed by atoms with van der Waals surface area (Å²) in [6.45, 7) is 4.02. The number of hydrogen-bond donors (Lipinski definition) is 1. The predicted octanol–water partition coefficient (Wildman–Crippen LogP) is 3.23. The molecule has 29 heavy (non-hydrogen) atoms. The van der Waals surface area contributed by atoms with Crippen molar-refractivity contribution in [1.29, 1.82) is 0 Å². The first-order valence-corrected chi connectivity index (χ1v) is 9.19. The number of nitrogens with zero attached hydrogens (tertiary/aromatic N) is 1.